The zero-order valence-corrected chi connectivity index (χ0v) is 20.5. The smallest absolute Gasteiger partial charge is 0.191 e. The summed E-state index contributed by atoms with van der Waals surface area (Å²) in [5, 5.41) is 8.28. The Morgan fingerprint density at radius 2 is 2.00 bits per heavy atom. The van der Waals surface area contributed by atoms with Crippen LogP contribution in [0.5, 0.6) is 0 Å². The maximum atomic E-state index is 5.48. The van der Waals surface area contributed by atoms with Gasteiger partial charge in [0.15, 0.2) is 5.96 Å². The van der Waals surface area contributed by atoms with Gasteiger partial charge in [-0.1, -0.05) is 25.1 Å². The van der Waals surface area contributed by atoms with Crippen molar-refractivity contribution in [2.45, 2.75) is 32.6 Å². The quantitative estimate of drug-likeness (QED) is 0.217. The number of ether oxygens (including phenoxy) is 1. The van der Waals surface area contributed by atoms with Crippen molar-refractivity contribution in [3.8, 4) is 0 Å². The number of aliphatic imine (C=N–C) groups is 1. The van der Waals surface area contributed by atoms with Crippen LogP contribution in [0.4, 0.5) is 0 Å². The number of aromatic nitrogens is 1. The second kappa shape index (κ2) is 12.1. The van der Waals surface area contributed by atoms with Crippen LogP contribution >= 0.6 is 24.0 Å². The minimum atomic E-state index is 0. The Morgan fingerprint density at radius 3 is 2.74 bits per heavy atom. The number of guanidine groups is 1. The Hall–Kier alpha value is -2.00. The van der Waals surface area contributed by atoms with Gasteiger partial charge in [0.2, 0.25) is 0 Å². The highest BCUT2D eigenvalue weighted by molar-refractivity contribution is 14.0. The summed E-state index contributed by atoms with van der Waals surface area (Å²) in [6, 6.07) is 10.5. The monoisotopic (exact) mass is 536 g/mol. The first-order valence-corrected chi connectivity index (χ1v) is 11.0. The minimum Gasteiger partial charge on any atom is -0.469 e. The van der Waals surface area contributed by atoms with E-state index < -0.39 is 0 Å². The lowest BCUT2D eigenvalue weighted by Gasteiger charge is -2.13. The van der Waals surface area contributed by atoms with Crippen molar-refractivity contribution in [2.24, 2.45) is 10.9 Å². The Balaban J connectivity index is 0.00000272. The van der Waals surface area contributed by atoms with Gasteiger partial charge in [0.05, 0.1) is 12.9 Å². The molecule has 3 N–H and O–H groups in total. The maximum Gasteiger partial charge on any atom is 0.191 e. The van der Waals surface area contributed by atoms with Crippen LogP contribution in [-0.2, 0) is 24.0 Å². The number of para-hydroxylation sites is 1. The van der Waals surface area contributed by atoms with Crippen molar-refractivity contribution >= 4 is 40.8 Å². The molecule has 1 aromatic carbocycles. The van der Waals surface area contributed by atoms with Crippen molar-refractivity contribution in [3.05, 3.63) is 59.7 Å². The number of nitrogens with one attached hydrogen (secondary N) is 3. The van der Waals surface area contributed by atoms with Gasteiger partial charge in [-0.25, -0.2) is 0 Å². The van der Waals surface area contributed by atoms with Gasteiger partial charge < -0.3 is 24.8 Å². The van der Waals surface area contributed by atoms with Crippen molar-refractivity contribution < 1.29 is 9.15 Å². The summed E-state index contributed by atoms with van der Waals surface area (Å²) < 4.78 is 10.9. The number of hydrogen-bond donors (Lipinski definition) is 3. The Labute approximate surface area is 201 Å². The fourth-order valence-corrected chi connectivity index (χ4v) is 3.97. The van der Waals surface area contributed by atoms with E-state index in [0.29, 0.717) is 5.92 Å². The van der Waals surface area contributed by atoms with E-state index in [0.717, 1.165) is 70.3 Å². The molecule has 168 valence electrons. The molecule has 0 saturated carbocycles. The number of nitrogens with zero attached hydrogens (tertiary/aromatic N) is 1. The molecule has 1 saturated heterocycles. The molecule has 1 unspecified atom stereocenters. The highest BCUT2D eigenvalue weighted by Gasteiger charge is 2.15. The van der Waals surface area contributed by atoms with Gasteiger partial charge in [0.25, 0.3) is 0 Å². The molecule has 0 amide bonds. The number of fused-ring (bicyclic) bond motifs is 1. The second-order valence-electron chi connectivity index (χ2n) is 7.86. The van der Waals surface area contributed by atoms with Gasteiger partial charge in [0.1, 0.15) is 5.76 Å². The van der Waals surface area contributed by atoms with E-state index >= 15 is 0 Å². The van der Waals surface area contributed by atoms with Crippen LogP contribution in [0.2, 0.25) is 0 Å². The van der Waals surface area contributed by atoms with Gasteiger partial charge >= 0.3 is 0 Å². The number of benzene rings is 1. The van der Waals surface area contributed by atoms with Gasteiger partial charge in [-0.05, 0) is 42.5 Å². The van der Waals surface area contributed by atoms with E-state index in [1.807, 2.05) is 12.1 Å². The lowest BCUT2D eigenvalue weighted by molar-refractivity contribution is 0.187. The molecule has 1 aliphatic rings. The minimum absolute atomic E-state index is 0. The van der Waals surface area contributed by atoms with Crippen LogP contribution in [0.1, 0.15) is 30.2 Å². The molecule has 0 spiro atoms. The Kier molecular flexibility index (Phi) is 9.27. The summed E-state index contributed by atoms with van der Waals surface area (Å²) in [6.07, 6.45) is 7.77. The highest BCUT2D eigenvalue weighted by Crippen LogP contribution is 2.22. The third-order valence-corrected chi connectivity index (χ3v) is 5.73. The first-order valence-electron chi connectivity index (χ1n) is 11.0. The number of aryl methyl sites for hydroxylation is 1. The van der Waals surface area contributed by atoms with Gasteiger partial charge in [-0.2, -0.15) is 0 Å². The van der Waals surface area contributed by atoms with E-state index in [1.54, 1.807) is 6.26 Å². The zero-order valence-electron chi connectivity index (χ0n) is 18.2. The van der Waals surface area contributed by atoms with E-state index in [4.69, 9.17) is 14.1 Å². The first kappa shape index (κ1) is 23.7. The third kappa shape index (κ3) is 6.49. The van der Waals surface area contributed by atoms with Crippen LogP contribution in [0.15, 0.2) is 52.2 Å². The summed E-state index contributed by atoms with van der Waals surface area (Å²) in [5.41, 5.74) is 3.97. The second-order valence-corrected chi connectivity index (χ2v) is 7.86. The van der Waals surface area contributed by atoms with Crippen molar-refractivity contribution in [1.29, 1.82) is 0 Å². The fourth-order valence-electron chi connectivity index (χ4n) is 3.97. The Bertz CT molecular complexity index is 946. The average molecular weight is 536 g/mol. The van der Waals surface area contributed by atoms with Crippen LogP contribution in [0.25, 0.3) is 10.9 Å². The molecule has 1 aliphatic heterocycles. The molecule has 1 atom stereocenters. The first-order chi connectivity index (χ1) is 14.8. The van der Waals surface area contributed by atoms with Crippen molar-refractivity contribution in [1.82, 2.24) is 15.6 Å². The molecule has 0 aliphatic carbocycles. The maximum absolute atomic E-state index is 5.48. The summed E-state index contributed by atoms with van der Waals surface area (Å²) in [6.45, 7) is 6.28. The van der Waals surface area contributed by atoms with E-state index in [-0.39, 0.29) is 24.0 Å². The normalized spacial score (nSPS) is 16.4. The molecule has 31 heavy (non-hydrogen) atoms. The SMILES string of the molecule is CCc1cccc2c(CCNC(=NCC3CCOC3)NCCc3ccco3)c[nH]c12.I. The van der Waals surface area contributed by atoms with Crippen molar-refractivity contribution in [3.63, 3.8) is 0 Å². The number of rotatable bonds is 9. The molecule has 2 aromatic heterocycles. The van der Waals surface area contributed by atoms with Gasteiger partial charge in [-0.3, -0.25) is 4.99 Å². The molecular weight excluding hydrogens is 503 g/mol. The topological polar surface area (TPSA) is 74.6 Å². The largest absolute Gasteiger partial charge is 0.469 e. The number of aromatic amines is 1. The lowest BCUT2D eigenvalue weighted by Crippen LogP contribution is -2.39. The van der Waals surface area contributed by atoms with Crippen molar-refractivity contribution in [2.75, 3.05) is 32.8 Å². The summed E-state index contributed by atoms with van der Waals surface area (Å²) in [7, 11) is 0. The summed E-state index contributed by atoms with van der Waals surface area (Å²) in [5.74, 6) is 2.37. The van der Waals surface area contributed by atoms with E-state index in [1.165, 1.54) is 22.0 Å². The average Bonchev–Trinajstić information content (AvgIpc) is 3.53. The molecule has 6 nitrogen and oxygen atoms in total. The standard InChI is InChI=1S/C24H32N4O2.HI/c1-2-19-5-3-7-22-20(16-27-23(19)22)8-11-25-24(28-15-18-10-14-29-17-18)26-12-9-21-6-4-13-30-21;/h3-7,13,16,18,27H,2,8-12,14-15,17H2,1H3,(H2,25,26,28);1H. The highest BCUT2D eigenvalue weighted by atomic mass is 127. The molecule has 0 radical (unpaired) electrons. The number of furan rings is 1. The molecule has 3 heterocycles. The summed E-state index contributed by atoms with van der Waals surface area (Å²) >= 11 is 0. The van der Waals surface area contributed by atoms with Crippen LogP contribution in [-0.4, -0.2) is 43.8 Å². The van der Waals surface area contributed by atoms with E-state index in [9.17, 15) is 0 Å². The third-order valence-electron chi connectivity index (χ3n) is 5.73. The van der Waals surface area contributed by atoms with Crippen LogP contribution in [0, 0.1) is 5.92 Å². The Morgan fingerprint density at radius 1 is 1.13 bits per heavy atom. The predicted molar refractivity (Wildman–Crippen MR) is 136 cm³/mol. The van der Waals surface area contributed by atoms with E-state index in [2.05, 4.69) is 46.9 Å². The van der Waals surface area contributed by atoms with Gasteiger partial charge in [-0.15, -0.1) is 24.0 Å². The molecular formula is C24H33IN4O2. The molecule has 0 bridgehead atoms. The fraction of sp³-hybridized carbons (Fsp3) is 0.458. The zero-order chi connectivity index (χ0) is 20.6. The molecule has 3 aromatic rings. The number of halogens is 1. The molecule has 4 rings (SSSR count). The molecule has 7 heteroatoms. The number of hydrogen-bond acceptors (Lipinski definition) is 3. The summed E-state index contributed by atoms with van der Waals surface area (Å²) in [4.78, 5) is 8.27. The lowest BCUT2D eigenvalue weighted by atomic mass is 10.1. The number of H-pyrrole nitrogens is 1. The van der Waals surface area contributed by atoms with Crippen LogP contribution in [0.3, 0.4) is 0 Å². The molecule has 1 fully saturated rings. The van der Waals surface area contributed by atoms with Crippen LogP contribution < -0.4 is 10.6 Å². The predicted octanol–water partition coefficient (Wildman–Crippen LogP) is 4.30. The van der Waals surface area contributed by atoms with Gasteiger partial charge in [0, 0.05) is 55.7 Å².